The summed E-state index contributed by atoms with van der Waals surface area (Å²) in [6, 6.07) is 0.971. The van der Waals surface area contributed by atoms with Gasteiger partial charge in [0.05, 0.1) is 17.8 Å². The normalized spacial score (nSPS) is 27.3. The molecule has 148 valence electrons. The zero-order valence-corrected chi connectivity index (χ0v) is 16.9. The quantitative estimate of drug-likeness (QED) is 0.739. The van der Waals surface area contributed by atoms with Gasteiger partial charge >= 0.3 is 7.12 Å². The molecule has 27 heavy (non-hydrogen) atoms. The van der Waals surface area contributed by atoms with Crippen molar-refractivity contribution in [2.75, 3.05) is 31.1 Å². The highest BCUT2D eigenvalue weighted by Crippen LogP contribution is 2.37. The van der Waals surface area contributed by atoms with E-state index >= 15 is 0 Å². The Hall–Kier alpha value is -1.22. The van der Waals surface area contributed by atoms with Gasteiger partial charge in [-0.25, -0.2) is 9.97 Å². The van der Waals surface area contributed by atoms with Gasteiger partial charge in [-0.3, -0.25) is 4.90 Å². The maximum atomic E-state index is 9.19. The van der Waals surface area contributed by atoms with Crippen LogP contribution in [0.5, 0.6) is 0 Å². The molecule has 1 aromatic rings. The molecular formula is C19H31BN4O3. The molecule has 8 heteroatoms. The summed E-state index contributed by atoms with van der Waals surface area (Å²) in [6.45, 7) is 11.2. The van der Waals surface area contributed by atoms with Crippen LogP contribution in [-0.2, 0) is 9.31 Å². The zero-order chi connectivity index (χ0) is 19.2. The Morgan fingerprint density at radius 2 is 1.74 bits per heavy atom. The first-order valence-corrected chi connectivity index (χ1v) is 10.1. The molecule has 0 aromatic carbocycles. The van der Waals surface area contributed by atoms with Crippen LogP contribution in [0.4, 0.5) is 5.95 Å². The summed E-state index contributed by atoms with van der Waals surface area (Å²) in [6.07, 6.45) is 7.21. The molecule has 3 heterocycles. The topological polar surface area (TPSA) is 71.0 Å². The number of likely N-dealkylation sites (tertiary alicyclic amines) is 1. The lowest BCUT2D eigenvalue weighted by Crippen LogP contribution is -2.42. The van der Waals surface area contributed by atoms with Crippen LogP contribution in [0.25, 0.3) is 0 Å². The van der Waals surface area contributed by atoms with Crippen LogP contribution in [0.1, 0.15) is 47.0 Å². The van der Waals surface area contributed by atoms with E-state index in [2.05, 4.69) is 47.5 Å². The highest BCUT2D eigenvalue weighted by molar-refractivity contribution is 6.61. The van der Waals surface area contributed by atoms with Crippen molar-refractivity contribution < 1.29 is 14.4 Å². The van der Waals surface area contributed by atoms with Crippen molar-refractivity contribution in [3.05, 3.63) is 12.4 Å². The summed E-state index contributed by atoms with van der Waals surface area (Å²) in [5.41, 5.74) is 0.133. The summed E-state index contributed by atoms with van der Waals surface area (Å²) in [5.74, 6) is 0.800. The Morgan fingerprint density at radius 3 is 2.30 bits per heavy atom. The molecule has 1 saturated carbocycles. The summed E-state index contributed by atoms with van der Waals surface area (Å²) < 4.78 is 12.2. The third kappa shape index (κ3) is 3.72. The second-order valence-electron chi connectivity index (χ2n) is 9.01. The standard InChI is InChI=1S/C19H31BN4O3/c1-18(2)19(3,4)27-20(26-18)14-11-21-17(22-12-14)24(15-5-6-15)16-7-8-23(13-16)9-10-25/h11-12,15-16,25H,5-10,13H2,1-4H3/t16-/m1/s1. The van der Waals surface area contributed by atoms with E-state index in [9.17, 15) is 5.11 Å². The fraction of sp³-hybridized carbons (Fsp3) is 0.789. The highest BCUT2D eigenvalue weighted by Gasteiger charge is 2.52. The second kappa shape index (κ2) is 6.99. The first-order valence-electron chi connectivity index (χ1n) is 10.1. The number of rotatable bonds is 6. The van der Waals surface area contributed by atoms with Crippen molar-refractivity contribution in [2.24, 2.45) is 0 Å². The molecule has 0 unspecified atom stereocenters. The van der Waals surface area contributed by atoms with Crippen molar-refractivity contribution in [2.45, 2.75) is 70.2 Å². The van der Waals surface area contributed by atoms with E-state index in [0.29, 0.717) is 12.1 Å². The molecule has 1 aliphatic carbocycles. The number of hydrogen-bond acceptors (Lipinski definition) is 7. The molecule has 1 aromatic heterocycles. The molecule has 3 fully saturated rings. The third-order valence-electron chi connectivity index (χ3n) is 6.41. The lowest BCUT2D eigenvalue weighted by molar-refractivity contribution is 0.00578. The van der Waals surface area contributed by atoms with Gasteiger partial charge in [-0.15, -0.1) is 0 Å². The average Bonchev–Trinajstić information content (AvgIpc) is 3.28. The van der Waals surface area contributed by atoms with Crippen LogP contribution < -0.4 is 10.4 Å². The van der Waals surface area contributed by atoms with Crippen LogP contribution in [0.2, 0.25) is 0 Å². The number of aliphatic hydroxyl groups excluding tert-OH is 1. The fourth-order valence-electron chi connectivity index (χ4n) is 3.93. The van der Waals surface area contributed by atoms with Crippen molar-refractivity contribution in [1.82, 2.24) is 14.9 Å². The summed E-state index contributed by atoms with van der Waals surface area (Å²) in [4.78, 5) is 14.1. The fourth-order valence-corrected chi connectivity index (χ4v) is 3.93. The Balaban J connectivity index is 1.48. The minimum atomic E-state index is -0.426. The molecule has 0 radical (unpaired) electrons. The van der Waals surface area contributed by atoms with Gasteiger partial charge in [0.2, 0.25) is 5.95 Å². The van der Waals surface area contributed by atoms with E-state index in [1.165, 1.54) is 12.8 Å². The molecule has 3 aliphatic rings. The number of nitrogens with zero attached hydrogens (tertiary/aromatic N) is 4. The maximum absolute atomic E-state index is 9.19. The second-order valence-corrected chi connectivity index (χ2v) is 9.01. The van der Waals surface area contributed by atoms with Gasteiger partial charge in [0.15, 0.2) is 0 Å². The maximum Gasteiger partial charge on any atom is 0.498 e. The van der Waals surface area contributed by atoms with E-state index < -0.39 is 7.12 Å². The van der Waals surface area contributed by atoms with Crippen LogP contribution in [0.15, 0.2) is 12.4 Å². The molecular weight excluding hydrogens is 343 g/mol. The molecule has 0 bridgehead atoms. The lowest BCUT2D eigenvalue weighted by Gasteiger charge is -2.32. The van der Waals surface area contributed by atoms with Crippen molar-refractivity contribution in [3.63, 3.8) is 0 Å². The van der Waals surface area contributed by atoms with E-state index in [1.807, 2.05) is 12.4 Å². The predicted molar refractivity (Wildman–Crippen MR) is 105 cm³/mol. The van der Waals surface area contributed by atoms with E-state index in [0.717, 1.165) is 37.5 Å². The Kier molecular flexibility index (Phi) is 4.95. The SMILES string of the molecule is CC1(C)OB(c2cnc(N(C3CC3)[C@@H]3CCN(CCO)C3)nc2)OC1(C)C. The molecule has 2 saturated heterocycles. The minimum Gasteiger partial charge on any atom is -0.399 e. The van der Waals surface area contributed by atoms with Gasteiger partial charge in [-0.05, 0) is 47.0 Å². The zero-order valence-electron chi connectivity index (χ0n) is 16.9. The molecule has 4 rings (SSSR count). The van der Waals surface area contributed by atoms with Gasteiger partial charge in [-0.1, -0.05) is 0 Å². The molecule has 0 spiro atoms. The average molecular weight is 374 g/mol. The Bertz CT molecular complexity index is 649. The minimum absolute atomic E-state index is 0.218. The first kappa shape index (κ1) is 19.1. The molecule has 0 amide bonds. The lowest BCUT2D eigenvalue weighted by atomic mass is 9.81. The van der Waals surface area contributed by atoms with E-state index in [1.54, 1.807) is 0 Å². The van der Waals surface area contributed by atoms with Crippen molar-refractivity contribution >= 4 is 18.5 Å². The van der Waals surface area contributed by atoms with Gasteiger partial charge in [0.25, 0.3) is 0 Å². The van der Waals surface area contributed by atoms with E-state index in [4.69, 9.17) is 9.31 Å². The van der Waals surface area contributed by atoms with E-state index in [-0.39, 0.29) is 17.8 Å². The van der Waals surface area contributed by atoms with Crippen LogP contribution >= 0.6 is 0 Å². The summed E-state index contributed by atoms with van der Waals surface area (Å²) in [7, 11) is -0.426. The molecule has 1 N–H and O–H groups in total. The smallest absolute Gasteiger partial charge is 0.399 e. The molecule has 2 aliphatic heterocycles. The Morgan fingerprint density at radius 1 is 1.11 bits per heavy atom. The monoisotopic (exact) mass is 374 g/mol. The van der Waals surface area contributed by atoms with Gasteiger partial charge in [-0.2, -0.15) is 0 Å². The molecule has 1 atom stereocenters. The summed E-state index contributed by atoms with van der Waals surface area (Å²) in [5, 5.41) is 9.19. The number of aliphatic hydroxyl groups is 1. The summed E-state index contributed by atoms with van der Waals surface area (Å²) >= 11 is 0. The van der Waals surface area contributed by atoms with Gasteiger partial charge in [0, 0.05) is 49.6 Å². The third-order valence-corrected chi connectivity index (χ3v) is 6.41. The number of hydrogen-bond donors (Lipinski definition) is 1. The number of β-amino-alcohol motifs (C(OH)–C–C–N with tert-alkyl or cyclic N) is 1. The Labute approximate surface area is 162 Å². The van der Waals surface area contributed by atoms with Crippen LogP contribution in [-0.4, -0.2) is 76.6 Å². The van der Waals surface area contributed by atoms with Crippen LogP contribution in [0.3, 0.4) is 0 Å². The predicted octanol–water partition coefficient (Wildman–Crippen LogP) is 0.811. The molecule has 7 nitrogen and oxygen atoms in total. The van der Waals surface area contributed by atoms with Crippen LogP contribution in [0, 0.1) is 0 Å². The van der Waals surface area contributed by atoms with Crippen molar-refractivity contribution in [3.8, 4) is 0 Å². The largest absolute Gasteiger partial charge is 0.498 e. The number of aromatic nitrogens is 2. The first-order chi connectivity index (χ1) is 12.8. The van der Waals surface area contributed by atoms with Gasteiger partial charge in [0.1, 0.15) is 0 Å². The van der Waals surface area contributed by atoms with Gasteiger partial charge < -0.3 is 19.3 Å². The number of anilines is 1. The highest BCUT2D eigenvalue weighted by atomic mass is 16.7. The van der Waals surface area contributed by atoms with Crippen molar-refractivity contribution in [1.29, 1.82) is 0 Å².